The summed E-state index contributed by atoms with van der Waals surface area (Å²) in [6, 6.07) is 14.9. The average Bonchev–Trinajstić information content (AvgIpc) is 4.17. The molecule has 7 rings (SSSR count). The van der Waals surface area contributed by atoms with Gasteiger partial charge in [-0.2, -0.15) is 0 Å². The van der Waals surface area contributed by atoms with Gasteiger partial charge in [-0.1, -0.05) is 186 Å². The zero-order valence-electron chi connectivity index (χ0n) is 41.0. The van der Waals surface area contributed by atoms with Crippen molar-refractivity contribution in [2.24, 2.45) is 11.8 Å². The molecule has 6 aromatic heterocycles. The summed E-state index contributed by atoms with van der Waals surface area (Å²) < 4.78 is 8.39. The minimum Gasteiger partial charge on any atom is -0.253 e. The smallest absolute Gasteiger partial charge is 0.133 e. The van der Waals surface area contributed by atoms with Crippen LogP contribution in [0.1, 0.15) is 202 Å². The molecule has 0 aliphatic heterocycles. The van der Waals surface area contributed by atoms with Crippen LogP contribution in [0.25, 0.3) is 61.8 Å². The molecule has 3 nitrogen and oxygen atoms in total. The van der Waals surface area contributed by atoms with Crippen molar-refractivity contribution in [1.82, 2.24) is 14.6 Å². The Balaban J connectivity index is 1.24. The lowest BCUT2D eigenvalue weighted by Gasteiger charge is -2.16. The van der Waals surface area contributed by atoms with Gasteiger partial charge in [0.2, 0.25) is 0 Å². The normalized spacial score (nSPS) is 13.0. The number of hydrogen-bond donors (Lipinski definition) is 0. The Morgan fingerprint density at radius 3 is 1.46 bits per heavy atom. The van der Waals surface area contributed by atoms with Crippen molar-refractivity contribution in [3.8, 4) is 31.5 Å². The highest BCUT2D eigenvalue weighted by atomic mass is 32.1. The lowest BCUT2D eigenvalue weighted by Crippen LogP contribution is -2.04. The fraction of sp³-hybridized carbons (Fsp3) is 0.596. The molecule has 0 aliphatic rings. The van der Waals surface area contributed by atoms with Crippen molar-refractivity contribution in [2.75, 3.05) is 0 Å². The topological polar surface area (TPSA) is 38.7 Å². The predicted octanol–water partition coefficient (Wildman–Crippen LogP) is 21.0. The molecule has 0 saturated carbocycles. The first kappa shape index (κ1) is 50.4. The molecule has 0 amide bonds. The minimum atomic E-state index is 0.778. The van der Waals surface area contributed by atoms with Gasteiger partial charge in [0.05, 0.1) is 9.58 Å². The third kappa shape index (κ3) is 13.6. The molecule has 2 unspecified atom stereocenters. The number of rotatable bonds is 31. The van der Waals surface area contributed by atoms with Crippen molar-refractivity contribution < 1.29 is 0 Å². The molecule has 1 aromatic carbocycles. The van der Waals surface area contributed by atoms with E-state index >= 15 is 0 Å². The van der Waals surface area contributed by atoms with E-state index in [-0.39, 0.29) is 0 Å². The molecule has 7 aromatic rings. The predicted molar refractivity (Wildman–Crippen MR) is 295 cm³/mol. The van der Waals surface area contributed by atoms with Crippen LogP contribution in [0.4, 0.5) is 0 Å². The Bertz CT molecular complexity index is 2350. The van der Waals surface area contributed by atoms with E-state index in [1.807, 2.05) is 28.9 Å². The van der Waals surface area contributed by atoms with E-state index in [1.165, 1.54) is 229 Å². The van der Waals surface area contributed by atoms with Crippen LogP contribution < -0.4 is 0 Å². The number of fused-ring (bicyclic) bond motifs is 3. The highest BCUT2D eigenvalue weighted by molar-refractivity contribution is 7.25. The maximum absolute atomic E-state index is 5.08. The van der Waals surface area contributed by atoms with E-state index in [0.717, 1.165) is 33.3 Å². The van der Waals surface area contributed by atoms with Gasteiger partial charge in [0, 0.05) is 61.9 Å². The summed E-state index contributed by atoms with van der Waals surface area (Å²) in [6.07, 6.45) is 37.4. The molecular formula is C57H79N3S5. The molecule has 2 atom stereocenters. The third-order valence-corrected chi connectivity index (χ3v) is 19.3. The van der Waals surface area contributed by atoms with Gasteiger partial charge in [0.1, 0.15) is 11.2 Å². The molecule has 0 saturated heterocycles. The number of benzene rings is 1. The molecule has 8 heteroatoms. The van der Waals surface area contributed by atoms with Gasteiger partial charge >= 0.3 is 0 Å². The Morgan fingerprint density at radius 1 is 0.477 bits per heavy atom. The van der Waals surface area contributed by atoms with Crippen LogP contribution in [0.3, 0.4) is 0 Å². The number of thiophene rings is 4. The molecule has 0 fully saturated rings. The molecule has 65 heavy (non-hydrogen) atoms. The van der Waals surface area contributed by atoms with Crippen LogP contribution >= 0.6 is 56.9 Å². The van der Waals surface area contributed by atoms with Crippen LogP contribution in [0.5, 0.6) is 0 Å². The second-order valence-corrected chi connectivity index (χ2v) is 24.8. The summed E-state index contributed by atoms with van der Waals surface area (Å²) in [6.45, 7) is 13.8. The molecular weight excluding hydrogens is 887 g/mol. The fourth-order valence-corrected chi connectivity index (χ4v) is 15.7. The number of unbranched alkanes of at least 4 members (excludes halogenated alkanes) is 16. The fourth-order valence-electron chi connectivity index (χ4n) is 10.2. The van der Waals surface area contributed by atoms with Gasteiger partial charge in [-0.05, 0) is 92.0 Å². The summed E-state index contributed by atoms with van der Waals surface area (Å²) in [7, 11) is 0. The Kier molecular flexibility index (Phi) is 20.4. The monoisotopic (exact) mass is 965 g/mol. The molecule has 6 heterocycles. The van der Waals surface area contributed by atoms with Crippen molar-refractivity contribution in [3.63, 3.8) is 0 Å². The second-order valence-electron chi connectivity index (χ2n) is 19.4. The molecule has 352 valence electrons. The van der Waals surface area contributed by atoms with Crippen LogP contribution in [-0.4, -0.2) is 14.6 Å². The molecule has 0 bridgehead atoms. The number of pyridine rings is 1. The zero-order chi connectivity index (χ0) is 45.4. The van der Waals surface area contributed by atoms with Gasteiger partial charge < -0.3 is 0 Å². The molecule has 0 aliphatic carbocycles. The lowest BCUT2D eigenvalue weighted by molar-refractivity contribution is 0.404. The Morgan fingerprint density at radius 2 is 0.938 bits per heavy atom. The van der Waals surface area contributed by atoms with Gasteiger partial charge in [0.25, 0.3) is 0 Å². The summed E-state index contributed by atoms with van der Waals surface area (Å²) in [4.78, 5) is 13.6. The third-order valence-electron chi connectivity index (χ3n) is 13.9. The van der Waals surface area contributed by atoms with Crippen molar-refractivity contribution in [2.45, 2.75) is 208 Å². The van der Waals surface area contributed by atoms with Crippen LogP contribution in [0.2, 0.25) is 0 Å². The van der Waals surface area contributed by atoms with Gasteiger partial charge in [-0.25, -0.2) is 0 Å². The standard InChI is InChI=1S/C57H79N3S5/c1-7-11-15-19-21-25-29-42(27-23-17-13-9-3)36-44-31-33-48(62-44)51-46-35-41(6)61-56(46)52(47-38-50(64-57(47)51)53-54-55(65-60-59-54)40(5)39-58-53)49-34-32-45(63-49)37-43(28-24-18-14-10-4)30-26-22-20-16-12-8-2/h31-35,38-39,42-43H,7-30,36-37H2,1-6H3. The van der Waals surface area contributed by atoms with E-state index in [0.29, 0.717) is 0 Å². The first-order valence-electron chi connectivity index (χ1n) is 26.2. The lowest BCUT2D eigenvalue weighted by atomic mass is 9.91. The zero-order valence-corrected chi connectivity index (χ0v) is 45.0. The largest absolute Gasteiger partial charge is 0.253 e. The van der Waals surface area contributed by atoms with Gasteiger partial charge in [-0.3, -0.25) is 4.98 Å². The molecule has 0 N–H and O–H groups in total. The van der Waals surface area contributed by atoms with Crippen LogP contribution in [-0.2, 0) is 12.8 Å². The number of aryl methyl sites for hydroxylation is 2. The minimum absolute atomic E-state index is 0.778. The maximum atomic E-state index is 5.08. The van der Waals surface area contributed by atoms with Gasteiger partial charge in [-0.15, -0.1) is 50.4 Å². The van der Waals surface area contributed by atoms with E-state index < -0.39 is 0 Å². The second kappa shape index (κ2) is 26.3. The number of aromatic nitrogens is 3. The van der Waals surface area contributed by atoms with E-state index in [9.17, 15) is 0 Å². The maximum Gasteiger partial charge on any atom is 0.133 e. The van der Waals surface area contributed by atoms with Gasteiger partial charge in [0.15, 0.2) is 0 Å². The van der Waals surface area contributed by atoms with E-state index in [2.05, 4.69) is 110 Å². The Labute approximate surface area is 413 Å². The summed E-state index contributed by atoms with van der Waals surface area (Å²) >= 11 is 9.54. The summed E-state index contributed by atoms with van der Waals surface area (Å²) in [5, 5.41) is 7.46. The van der Waals surface area contributed by atoms with Crippen molar-refractivity contribution >= 4 is 87.3 Å². The SMILES string of the molecule is CCCCCCCCC(CCCCCC)Cc1ccc(-c2c3cc(-c4ncc(C)c5snnc45)sc3c(-c3ccc(CC(CCCCCC)CCCCCCCC)s3)c3cc(C)sc23)s1. The summed E-state index contributed by atoms with van der Waals surface area (Å²) in [5.74, 6) is 1.56. The summed E-state index contributed by atoms with van der Waals surface area (Å²) in [5.41, 5.74) is 5.90. The van der Waals surface area contributed by atoms with Crippen LogP contribution in [0.15, 0.2) is 42.6 Å². The highest BCUT2D eigenvalue weighted by Gasteiger charge is 2.25. The average molecular weight is 967 g/mol. The van der Waals surface area contributed by atoms with Crippen molar-refractivity contribution in [1.29, 1.82) is 0 Å². The van der Waals surface area contributed by atoms with Crippen molar-refractivity contribution in [3.05, 3.63) is 62.8 Å². The van der Waals surface area contributed by atoms with E-state index in [4.69, 9.17) is 4.98 Å². The van der Waals surface area contributed by atoms with E-state index in [1.54, 1.807) is 9.75 Å². The molecule has 0 radical (unpaired) electrons. The van der Waals surface area contributed by atoms with Crippen LogP contribution in [0, 0.1) is 25.7 Å². The highest BCUT2D eigenvalue weighted by Crippen LogP contribution is 2.53. The first-order valence-corrected chi connectivity index (χ1v) is 30.2. The first-order chi connectivity index (χ1) is 31.9. The Hall–Kier alpha value is -2.49. The molecule has 0 spiro atoms. The quantitative estimate of drug-likeness (QED) is 0.0407. The number of nitrogens with zero attached hydrogens (tertiary/aromatic N) is 3. The number of hydrogen-bond acceptors (Lipinski definition) is 8.